The number of carbonyl (C=O) groups is 1. The zero-order valence-electron chi connectivity index (χ0n) is 17.7. The molecule has 2 N–H and O–H groups in total. The first-order valence-electron chi connectivity index (χ1n) is 10.3. The summed E-state index contributed by atoms with van der Waals surface area (Å²) in [5.41, 5.74) is 2.11. The van der Waals surface area contributed by atoms with Crippen molar-refractivity contribution in [3.8, 4) is 10.4 Å². The minimum Gasteiger partial charge on any atom is -0.342 e. The van der Waals surface area contributed by atoms with Gasteiger partial charge in [0.1, 0.15) is 5.82 Å². The number of piperidine rings is 1. The number of aromatic nitrogens is 2. The topological polar surface area (TPSA) is 104 Å². The van der Waals surface area contributed by atoms with E-state index >= 15 is 0 Å². The predicted octanol–water partition coefficient (Wildman–Crippen LogP) is 3.20. The normalized spacial score (nSPS) is 15.0. The van der Waals surface area contributed by atoms with Crippen molar-refractivity contribution in [1.82, 2.24) is 19.6 Å². The monoisotopic (exact) mass is 471 g/mol. The quantitative estimate of drug-likeness (QED) is 0.548. The Kier molecular flexibility index (Phi) is 6.83. The van der Waals surface area contributed by atoms with Crippen LogP contribution in [0.2, 0.25) is 0 Å². The molecule has 10 heteroatoms. The summed E-state index contributed by atoms with van der Waals surface area (Å²) in [5, 5.41) is 4.08. The van der Waals surface area contributed by atoms with Crippen molar-refractivity contribution < 1.29 is 13.2 Å². The molecule has 3 heterocycles. The molecule has 4 rings (SSSR count). The number of sulfonamides is 1. The van der Waals surface area contributed by atoms with Crippen LogP contribution in [0.25, 0.3) is 10.4 Å². The van der Waals surface area contributed by atoms with Crippen LogP contribution in [0.5, 0.6) is 0 Å². The molecule has 1 aliphatic heterocycles. The first kappa shape index (κ1) is 22.4. The zero-order chi connectivity index (χ0) is 22.6. The zero-order valence-corrected chi connectivity index (χ0v) is 19.3. The Morgan fingerprint density at radius 3 is 2.59 bits per heavy atom. The van der Waals surface area contributed by atoms with Crippen LogP contribution in [-0.4, -0.2) is 55.1 Å². The molecule has 0 spiro atoms. The third-order valence-electron chi connectivity index (χ3n) is 5.32. The number of pyridine rings is 1. The van der Waals surface area contributed by atoms with Gasteiger partial charge in [-0.1, -0.05) is 47.7 Å². The average Bonchev–Trinajstić information content (AvgIpc) is 3.26. The highest BCUT2D eigenvalue weighted by molar-refractivity contribution is 7.88. The summed E-state index contributed by atoms with van der Waals surface area (Å²) in [6, 6.07) is 16.0. The van der Waals surface area contributed by atoms with Crippen LogP contribution in [-0.2, 0) is 14.8 Å². The van der Waals surface area contributed by atoms with Gasteiger partial charge < -0.3 is 10.2 Å². The summed E-state index contributed by atoms with van der Waals surface area (Å²) in [5.74, 6) is 0.794. The molecule has 32 heavy (non-hydrogen) atoms. The fourth-order valence-electron chi connectivity index (χ4n) is 3.66. The number of likely N-dealkylation sites (tertiary alicyclic amines) is 1. The van der Waals surface area contributed by atoms with Crippen LogP contribution >= 0.6 is 11.3 Å². The molecule has 1 aromatic carbocycles. The molecule has 1 amide bonds. The maximum Gasteiger partial charge on any atom is 0.237 e. The maximum absolute atomic E-state index is 12.2. The van der Waals surface area contributed by atoms with Crippen molar-refractivity contribution in [3.63, 3.8) is 0 Å². The summed E-state index contributed by atoms with van der Waals surface area (Å²) in [6.45, 7) is 0.975. The van der Waals surface area contributed by atoms with Gasteiger partial charge in [0.2, 0.25) is 15.9 Å². The van der Waals surface area contributed by atoms with Crippen LogP contribution in [0, 0.1) is 0 Å². The van der Waals surface area contributed by atoms with Gasteiger partial charge in [-0.3, -0.25) is 4.79 Å². The van der Waals surface area contributed by atoms with Gasteiger partial charge in [-0.05, 0) is 30.5 Å². The standard InChI is InChI=1S/C22H25N5O3S2/c1-32(29,30)24-15-21(28)27-12-10-16(11-13-27)18-8-5-9-20(25-18)26-22-23-14-19(31-22)17-6-3-2-4-7-17/h2-9,14,16,24H,10-13,15H2,1H3,(H,23,25,26). The lowest BCUT2D eigenvalue weighted by molar-refractivity contribution is -0.131. The Balaban J connectivity index is 1.35. The number of nitrogens with zero attached hydrogens (tertiary/aromatic N) is 3. The average molecular weight is 472 g/mol. The molecular weight excluding hydrogens is 446 g/mol. The smallest absolute Gasteiger partial charge is 0.237 e. The lowest BCUT2D eigenvalue weighted by Crippen LogP contribution is -2.43. The SMILES string of the molecule is CS(=O)(=O)NCC(=O)N1CCC(c2cccc(Nc3ncc(-c4ccccc4)s3)n2)CC1. The number of carbonyl (C=O) groups excluding carboxylic acids is 1. The minimum absolute atomic E-state index is 0.195. The van der Waals surface area contributed by atoms with E-state index in [9.17, 15) is 13.2 Å². The van der Waals surface area contributed by atoms with Gasteiger partial charge in [-0.15, -0.1) is 0 Å². The maximum atomic E-state index is 12.2. The molecule has 0 radical (unpaired) electrons. The van der Waals surface area contributed by atoms with Crippen molar-refractivity contribution in [2.24, 2.45) is 0 Å². The molecule has 1 fully saturated rings. The third-order valence-corrected chi connectivity index (χ3v) is 6.95. The first-order valence-corrected chi connectivity index (χ1v) is 13.1. The molecule has 8 nitrogen and oxygen atoms in total. The van der Waals surface area contributed by atoms with Crippen LogP contribution in [0.1, 0.15) is 24.5 Å². The largest absolute Gasteiger partial charge is 0.342 e. The molecule has 0 atom stereocenters. The van der Waals surface area contributed by atoms with Crippen molar-refractivity contribution in [3.05, 3.63) is 60.4 Å². The Labute approximate surface area is 191 Å². The van der Waals surface area contributed by atoms with E-state index in [4.69, 9.17) is 4.98 Å². The summed E-state index contributed by atoms with van der Waals surface area (Å²) in [6.07, 6.45) is 4.48. The number of amides is 1. The fourth-order valence-corrected chi connectivity index (χ4v) is 4.87. The highest BCUT2D eigenvalue weighted by Gasteiger charge is 2.25. The number of benzene rings is 1. The van der Waals surface area contributed by atoms with Gasteiger partial charge in [-0.25, -0.2) is 23.1 Å². The van der Waals surface area contributed by atoms with Gasteiger partial charge in [-0.2, -0.15) is 0 Å². The first-order chi connectivity index (χ1) is 15.4. The van der Waals surface area contributed by atoms with Gasteiger partial charge in [0.25, 0.3) is 0 Å². The van der Waals surface area contributed by atoms with E-state index in [1.54, 1.807) is 16.2 Å². The lowest BCUT2D eigenvalue weighted by atomic mass is 9.93. The fraction of sp³-hybridized carbons (Fsp3) is 0.318. The van der Waals surface area contributed by atoms with Crippen molar-refractivity contribution in [1.29, 1.82) is 0 Å². The Morgan fingerprint density at radius 2 is 1.88 bits per heavy atom. The summed E-state index contributed by atoms with van der Waals surface area (Å²) in [4.78, 5) is 24.3. The van der Waals surface area contributed by atoms with E-state index in [0.717, 1.165) is 46.2 Å². The number of hydrogen-bond acceptors (Lipinski definition) is 7. The van der Waals surface area contributed by atoms with Crippen molar-refractivity contribution in [2.75, 3.05) is 31.2 Å². The summed E-state index contributed by atoms with van der Waals surface area (Å²) < 4.78 is 24.6. The molecule has 0 saturated carbocycles. The molecule has 0 unspecified atom stereocenters. The number of anilines is 2. The highest BCUT2D eigenvalue weighted by Crippen LogP contribution is 2.31. The number of nitrogens with one attached hydrogen (secondary N) is 2. The molecule has 168 valence electrons. The van der Waals surface area contributed by atoms with Gasteiger partial charge in [0.05, 0.1) is 17.7 Å². The molecule has 1 aliphatic rings. The minimum atomic E-state index is -3.38. The molecule has 2 aromatic heterocycles. The van der Waals surface area contributed by atoms with Gasteiger partial charge in [0.15, 0.2) is 5.13 Å². The van der Waals surface area contributed by atoms with Crippen LogP contribution < -0.4 is 10.0 Å². The van der Waals surface area contributed by atoms with E-state index in [2.05, 4.69) is 27.2 Å². The Bertz CT molecular complexity index is 1170. The Hall–Kier alpha value is -2.82. The number of rotatable bonds is 7. The lowest BCUT2D eigenvalue weighted by Gasteiger charge is -2.32. The van der Waals surface area contributed by atoms with E-state index in [1.807, 2.05) is 42.6 Å². The molecule has 0 aliphatic carbocycles. The molecule has 1 saturated heterocycles. The van der Waals surface area contributed by atoms with E-state index < -0.39 is 10.0 Å². The number of thiazole rings is 1. The van der Waals surface area contributed by atoms with Crippen molar-refractivity contribution in [2.45, 2.75) is 18.8 Å². The molecule has 0 bridgehead atoms. The summed E-state index contributed by atoms with van der Waals surface area (Å²) >= 11 is 1.58. The van der Waals surface area contributed by atoms with Gasteiger partial charge >= 0.3 is 0 Å². The predicted molar refractivity (Wildman–Crippen MR) is 126 cm³/mol. The van der Waals surface area contributed by atoms with E-state index in [0.29, 0.717) is 13.1 Å². The second-order valence-electron chi connectivity index (χ2n) is 7.72. The molecular formula is C22H25N5O3S2. The second-order valence-corrected chi connectivity index (χ2v) is 10.6. The second kappa shape index (κ2) is 9.76. The van der Waals surface area contributed by atoms with Crippen LogP contribution in [0.15, 0.2) is 54.7 Å². The molecule has 3 aromatic rings. The number of hydrogen-bond donors (Lipinski definition) is 2. The van der Waals surface area contributed by atoms with Crippen LogP contribution in [0.3, 0.4) is 0 Å². The highest BCUT2D eigenvalue weighted by atomic mass is 32.2. The van der Waals surface area contributed by atoms with E-state index in [-0.39, 0.29) is 18.4 Å². The Morgan fingerprint density at radius 1 is 1.12 bits per heavy atom. The summed E-state index contributed by atoms with van der Waals surface area (Å²) in [7, 11) is -3.38. The third kappa shape index (κ3) is 5.90. The van der Waals surface area contributed by atoms with E-state index in [1.165, 1.54) is 0 Å². The van der Waals surface area contributed by atoms with Crippen molar-refractivity contribution >= 4 is 38.2 Å². The van der Waals surface area contributed by atoms with Crippen LogP contribution in [0.4, 0.5) is 10.9 Å². The van der Waals surface area contributed by atoms with Gasteiger partial charge in [0, 0.05) is 30.9 Å².